The molecule has 0 saturated carbocycles. The number of nitrogens with zero attached hydrogens (tertiary/aromatic N) is 2. The monoisotopic (exact) mass is 425 g/mol. The second-order valence-electron chi connectivity index (χ2n) is 6.34. The maximum Gasteiger partial charge on any atom is 0.262 e. The average Bonchev–Trinajstić information content (AvgIpc) is 3.18. The van der Waals surface area contributed by atoms with Gasteiger partial charge in [0, 0.05) is 23.5 Å². The number of hydrogen-bond acceptors (Lipinski definition) is 7. The molecular formula is C20H15N3O4S2. The molecule has 2 aromatic carbocycles. The Morgan fingerprint density at radius 3 is 2.55 bits per heavy atom. The van der Waals surface area contributed by atoms with Gasteiger partial charge in [0.05, 0.1) is 4.90 Å². The number of nitrogens with one attached hydrogen (secondary N) is 1. The van der Waals surface area contributed by atoms with Gasteiger partial charge in [-0.3, -0.25) is 4.72 Å². The molecule has 0 saturated heterocycles. The molecule has 9 heteroatoms. The molecule has 2 aromatic heterocycles. The van der Waals surface area contributed by atoms with Crippen molar-refractivity contribution < 1.29 is 17.9 Å². The quantitative estimate of drug-likeness (QED) is 0.533. The number of sulfonamides is 1. The van der Waals surface area contributed by atoms with Gasteiger partial charge in [-0.2, -0.15) is 0 Å². The molecule has 146 valence electrons. The topological polar surface area (TPSA) is 90.4 Å². The average molecular weight is 425 g/mol. The molecule has 3 heterocycles. The molecule has 29 heavy (non-hydrogen) atoms. The van der Waals surface area contributed by atoms with E-state index < -0.39 is 10.0 Å². The molecule has 0 amide bonds. The first-order valence-electron chi connectivity index (χ1n) is 8.83. The Hall–Kier alpha value is -3.17. The Morgan fingerprint density at radius 2 is 1.76 bits per heavy atom. The van der Waals surface area contributed by atoms with Crippen LogP contribution < -0.4 is 14.2 Å². The van der Waals surface area contributed by atoms with Crippen molar-refractivity contribution in [1.82, 2.24) is 9.97 Å². The summed E-state index contributed by atoms with van der Waals surface area (Å²) in [5.74, 6) is 0.976. The van der Waals surface area contributed by atoms with Crippen molar-refractivity contribution in [2.75, 3.05) is 17.9 Å². The summed E-state index contributed by atoms with van der Waals surface area (Å²) in [7, 11) is -3.75. The minimum Gasteiger partial charge on any atom is -0.486 e. The van der Waals surface area contributed by atoms with Crippen LogP contribution in [0.2, 0.25) is 0 Å². The lowest BCUT2D eigenvalue weighted by Gasteiger charge is -2.19. The van der Waals surface area contributed by atoms with Crippen molar-refractivity contribution in [1.29, 1.82) is 0 Å². The van der Waals surface area contributed by atoms with Gasteiger partial charge >= 0.3 is 0 Å². The number of aromatic nitrogens is 2. The zero-order valence-corrected chi connectivity index (χ0v) is 16.7. The van der Waals surface area contributed by atoms with Crippen LogP contribution in [0.25, 0.3) is 20.9 Å². The fraction of sp³-hybridized carbons (Fsp3) is 0.100. The van der Waals surface area contributed by atoms with E-state index in [4.69, 9.17) is 9.47 Å². The number of thiazole rings is 1. The molecule has 7 nitrogen and oxygen atoms in total. The van der Waals surface area contributed by atoms with Gasteiger partial charge in [0.2, 0.25) is 0 Å². The Bertz CT molecular complexity index is 1270. The first-order valence-corrected chi connectivity index (χ1v) is 11.1. The molecule has 0 atom stereocenters. The van der Waals surface area contributed by atoms with Crippen molar-refractivity contribution in [2.45, 2.75) is 4.90 Å². The fourth-order valence-corrected chi connectivity index (χ4v) is 4.97. The molecule has 0 radical (unpaired) electrons. The molecule has 0 aliphatic carbocycles. The van der Waals surface area contributed by atoms with Crippen LogP contribution in [0.15, 0.2) is 65.7 Å². The number of anilines is 1. The van der Waals surface area contributed by atoms with Crippen LogP contribution in [0.5, 0.6) is 11.5 Å². The highest BCUT2D eigenvalue weighted by atomic mass is 32.2. The zero-order valence-electron chi connectivity index (χ0n) is 15.0. The van der Waals surface area contributed by atoms with Crippen LogP contribution in [-0.2, 0) is 10.0 Å². The second kappa shape index (κ2) is 7.02. The van der Waals surface area contributed by atoms with Gasteiger partial charge in [-0.15, -0.1) is 0 Å². The van der Waals surface area contributed by atoms with E-state index in [0.717, 1.165) is 20.9 Å². The summed E-state index contributed by atoms with van der Waals surface area (Å²) in [5.41, 5.74) is 2.20. The summed E-state index contributed by atoms with van der Waals surface area (Å²) in [6.07, 6.45) is 1.74. The Labute approximate surface area is 171 Å². The van der Waals surface area contributed by atoms with Gasteiger partial charge in [0.25, 0.3) is 10.0 Å². The van der Waals surface area contributed by atoms with E-state index in [0.29, 0.717) is 30.4 Å². The maximum atomic E-state index is 12.7. The predicted molar refractivity (Wildman–Crippen MR) is 111 cm³/mol. The number of hydrogen-bond donors (Lipinski definition) is 1. The molecular weight excluding hydrogens is 410 g/mol. The van der Waals surface area contributed by atoms with Gasteiger partial charge in [0.1, 0.15) is 28.6 Å². The summed E-state index contributed by atoms with van der Waals surface area (Å²) in [6.45, 7) is 0.848. The van der Waals surface area contributed by atoms with Gasteiger partial charge in [-0.25, -0.2) is 18.4 Å². The van der Waals surface area contributed by atoms with Gasteiger partial charge in [-0.05, 0) is 48.5 Å². The molecule has 1 aliphatic rings. The third-order valence-corrected chi connectivity index (χ3v) is 6.78. The predicted octanol–water partition coefficient (Wildman–Crippen LogP) is 3.93. The van der Waals surface area contributed by atoms with E-state index in [2.05, 4.69) is 14.7 Å². The number of benzene rings is 2. The largest absolute Gasteiger partial charge is 0.486 e. The maximum absolute atomic E-state index is 12.7. The molecule has 0 bridgehead atoms. The lowest BCUT2D eigenvalue weighted by Crippen LogP contribution is -2.17. The summed E-state index contributed by atoms with van der Waals surface area (Å²) in [4.78, 5) is 9.85. The van der Waals surface area contributed by atoms with Crippen LogP contribution in [0.3, 0.4) is 0 Å². The molecule has 1 aliphatic heterocycles. The lowest BCUT2D eigenvalue weighted by molar-refractivity contribution is 0.171. The van der Waals surface area contributed by atoms with Crippen LogP contribution >= 0.6 is 11.3 Å². The second-order valence-corrected chi connectivity index (χ2v) is 8.99. The smallest absolute Gasteiger partial charge is 0.262 e. The van der Waals surface area contributed by atoms with E-state index in [1.165, 1.54) is 23.5 Å². The first-order chi connectivity index (χ1) is 14.1. The molecule has 0 spiro atoms. The summed E-state index contributed by atoms with van der Waals surface area (Å²) >= 11 is 1.49. The first kappa shape index (κ1) is 17.9. The van der Waals surface area contributed by atoms with E-state index in [-0.39, 0.29) is 4.90 Å². The van der Waals surface area contributed by atoms with E-state index >= 15 is 0 Å². The standard InChI is InChI=1S/C20H15N3O4S2/c24-29(25,15-7-8-17-18(12-15)27-11-10-26-17)23-14-5-3-13(4-6-14)19-22-16-2-1-9-21-20(16)28-19/h1-9,12,23H,10-11H2. The van der Waals surface area contributed by atoms with Crippen LogP contribution in [0.1, 0.15) is 0 Å². The molecule has 5 rings (SSSR count). The van der Waals surface area contributed by atoms with Crippen molar-refractivity contribution in [3.63, 3.8) is 0 Å². The minimum atomic E-state index is -3.75. The Morgan fingerprint density at radius 1 is 0.966 bits per heavy atom. The molecule has 0 unspecified atom stereocenters. The van der Waals surface area contributed by atoms with E-state index in [9.17, 15) is 8.42 Å². The summed E-state index contributed by atoms with van der Waals surface area (Å²) in [5, 5.41) is 0.833. The highest BCUT2D eigenvalue weighted by molar-refractivity contribution is 7.92. The Kier molecular flexibility index (Phi) is 4.33. The van der Waals surface area contributed by atoms with Gasteiger partial charge < -0.3 is 9.47 Å². The zero-order chi connectivity index (χ0) is 19.8. The van der Waals surface area contributed by atoms with Gasteiger partial charge in [0.15, 0.2) is 11.5 Å². The number of rotatable bonds is 4. The van der Waals surface area contributed by atoms with Crippen molar-refractivity contribution in [2.24, 2.45) is 0 Å². The van der Waals surface area contributed by atoms with Crippen molar-refractivity contribution >= 4 is 37.4 Å². The van der Waals surface area contributed by atoms with E-state index in [1.807, 2.05) is 24.3 Å². The molecule has 0 fully saturated rings. The number of pyridine rings is 1. The van der Waals surface area contributed by atoms with Crippen LogP contribution in [0, 0.1) is 0 Å². The van der Waals surface area contributed by atoms with Crippen molar-refractivity contribution in [3.05, 3.63) is 60.8 Å². The highest BCUT2D eigenvalue weighted by Gasteiger charge is 2.19. The lowest BCUT2D eigenvalue weighted by atomic mass is 10.2. The molecule has 1 N–H and O–H groups in total. The summed E-state index contributed by atoms with van der Waals surface area (Å²) < 4.78 is 39.0. The van der Waals surface area contributed by atoms with Gasteiger partial charge in [-0.1, -0.05) is 11.3 Å². The number of ether oxygens (including phenoxy) is 2. The SMILES string of the molecule is O=S(=O)(Nc1ccc(-c2nc3cccnc3s2)cc1)c1ccc2c(c1)OCCO2. The fourth-order valence-electron chi connectivity index (χ4n) is 2.98. The highest BCUT2D eigenvalue weighted by Crippen LogP contribution is 2.33. The van der Waals surface area contributed by atoms with E-state index in [1.54, 1.807) is 24.4 Å². The minimum absolute atomic E-state index is 0.114. The van der Waals surface area contributed by atoms with Crippen LogP contribution in [0.4, 0.5) is 5.69 Å². The van der Waals surface area contributed by atoms with Crippen molar-refractivity contribution in [3.8, 4) is 22.1 Å². The third kappa shape index (κ3) is 3.50. The Balaban J connectivity index is 1.38. The normalized spacial score (nSPS) is 13.4. The van der Waals surface area contributed by atoms with Crippen LogP contribution in [-0.4, -0.2) is 31.6 Å². The summed E-state index contributed by atoms with van der Waals surface area (Å²) in [6, 6.07) is 15.4. The number of fused-ring (bicyclic) bond motifs is 2. The molecule has 4 aromatic rings. The third-order valence-electron chi connectivity index (χ3n) is 4.37.